The van der Waals surface area contributed by atoms with Gasteiger partial charge in [0.25, 0.3) is 5.56 Å². The molecule has 1 heterocycles. The smallest absolute Gasteiger partial charge is 0.306 e. The lowest BCUT2D eigenvalue weighted by Crippen LogP contribution is -2.17. The van der Waals surface area contributed by atoms with E-state index in [2.05, 4.69) is 16.8 Å². The van der Waals surface area contributed by atoms with E-state index in [1.165, 1.54) is 14.2 Å². The van der Waals surface area contributed by atoms with Gasteiger partial charge in [0.2, 0.25) is 0 Å². The van der Waals surface area contributed by atoms with E-state index < -0.39 is 11.9 Å². The number of H-pyrrole nitrogens is 2. The molecular formula is C19H24N2O5. The Morgan fingerprint density at radius 2 is 1.96 bits per heavy atom. The lowest BCUT2D eigenvalue weighted by Gasteiger charge is -2.18. The summed E-state index contributed by atoms with van der Waals surface area (Å²) >= 11 is 0. The number of aromatic amines is 2. The molecule has 0 unspecified atom stereocenters. The van der Waals surface area contributed by atoms with Crippen LogP contribution in [0.5, 0.6) is 11.5 Å². The molecule has 0 radical (unpaired) electrons. The van der Waals surface area contributed by atoms with E-state index in [1.807, 2.05) is 13.0 Å². The molecule has 140 valence electrons. The van der Waals surface area contributed by atoms with Crippen molar-refractivity contribution in [3.63, 3.8) is 0 Å². The number of esters is 1. The van der Waals surface area contributed by atoms with Crippen LogP contribution in [0.15, 0.2) is 35.1 Å². The summed E-state index contributed by atoms with van der Waals surface area (Å²) in [5.74, 6) is 0.206. The van der Waals surface area contributed by atoms with Gasteiger partial charge < -0.3 is 19.3 Å². The molecule has 0 amide bonds. The van der Waals surface area contributed by atoms with Crippen LogP contribution in [0, 0.1) is 6.92 Å². The molecule has 2 N–H and O–H groups in total. The summed E-state index contributed by atoms with van der Waals surface area (Å²) in [4.78, 5) is 24.1. The van der Waals surface area contributed by atoms with Gasteiger partial charge in [-0.25, -0.2) is 0 Å². The molecule has 0 aliphatic carbocycles. The van der Waals surface area contributed by atoms with Gasteiger partial charge in [0.15, 0.2) is 11.5 Å². The average Bonchev–Trinajstić information content (AvgIpc) is 2.96. The summed E-state index contributed by atoms with van der Waals surface area (Å²) < 4.78 is 15.9. The Labute approximate surface area is 152 Å². The number of methoxy groups -OCH3 is 2. The zero-order valence-corrected chi connectivity index (χ0v) is 15.5. The minimum Gasteiger partial charge on any atom is -0.493 e. The first-order valence-electron chi connectivity index (χ1n) is 8.16. The predicted molar refractivity (Wildman–Crippen MR) is 97.9 cm³/mol. The van der Waals surface area contributed by atoms with Crippen molar-refractivity contribution in [2.45, 2.75) is 26.2 Å². The fraction of sp³-hybridized carbons (Fsp3) is 0.368. The van der Waals surface area contributed by atoms with Crippen LogP contribution in [0.4, 0.5) is 0 Å². The Bertz CT molecular complexity index is 850. The van der Waals surface area contributed by atoms with E-state index in [0.29, 0.717) is 29.4 Å². The van der Waals surface area contributed by atoms with Gasteiger partial charge in [0.1, 0.15) is 6.61 Å². The number of aryl methyl sites for hydroxylation is 1. The van der Waals surface area contributed by atoms with Crippen LogP contribution >= 0.6 is 0 Å². The van der Waals surface area contributed by atoms with Crippen molar-refractivity contribution in [1.29, 1.82) is 0 Å². The maximum atomic E-state index is 12.2. The third-order valence-electron chi connectivity index (χ3n) is 4.02. The number of benzene rings is 1. The van der Waals surface area contributed by atoms with Crippen LogP contribution in [0.1, 0.15) is 36.1 Å². The molecule has 0 aliphatic rings. The Morgan fingerprint density at radius 3 is 2.50 bits per heavy atom. The number of rotatable bonds is 8. The SMILES string of the molecule is C=C(C)COc1ccc([C@H](CC(=O)OC)c2c(C)[nH][nH]c2=O)cc1OC. The van der Waals surface area contributed by atoms with Crippen LogP contribution in [0.3, 0.4) is 0 Å². The molecule has 0 bridgehead atoms. The number of hydrogen-bond acceptors (Lipinski definition) is 5. The quantitative estimate of drug-likeness (QED) is 0.558. The van der Waals surface area contributed by atoms with E-state index in [9.17, 15) is 9.59 Å². The fourth-order valence-electron chi connectivity index (χ4n) is 2.73. The molecular weight excluding hydrogens is 336 g/mol. The second-order valence-electron chi connectivity index (χ2n) is 6.11. The first kappa shape index (κ1) is 19.4. The zero-order chi connectivity index (χ0) is 19.3. The molecule has 0 saturated carbocycles. The zero-order valence-electron chi connectivity index (χ0n) is 15.5. The monoisotopic (exact) mass is 360 g/mol. The Morgan fingerprint density at radius 1 is 1.23 bits per heavy atom. The van der Waals surface area contributed by atoms with Crippen LogP contribution < -0.4 is 15.0 Å². The van der Waals surface area contributed by atoms with Gasteiger partial charge in [-0.1, -0.05) is 12.6 Å². The molecule has 1 atom stereocenters. The van der Waals surface area contributed by atoms with Gasteiger partial charge in [0, 0.05) is 17.2 Å². The standard InChI is InChI=1S/C19H24N2O5/c1-11(2)10-26-15-7-6-13(8-16(15)24-4)14(9-17(22)25-5)18-12(3)20-21-19(18)23/h6-8,14H,1,9-10H2,2-5H3,(H2,20,21,23)/t14-/m0/s1. The van der Waals surface area contributed by atoms with Crippen LogP contribution in [-0.2, 0) is 9.53 Å². The highest BCUT2D eigenvalue weighted by molar-refractivity contribution is 5.71. The average molecular weight is 360 g/mol. The molecule has 2 rings (SSSR count). The summed E-state index contributed by atoms with van der Waals surface area (Å²) in [6.07, 6.45) is 0.0351. The van der Waals surface area contributed by atoms with Gasteiger partial charge in [0.05, 0.1) is 20.6 Å². The summed E-state index contributed by atoms with van der Waals surface area (Å²) in [6, 6.07) is 5.35. The van der Waals surface area contributed by atoms with Gasteiger partial charge >= 0.3 is 5.97 Å². The number of hydrogen-bond donors (Lipinski definition) is 2. The Hall–Kier alpha value is -2.96. The van der Waals surface area contributed by atoms with E-state index in [0.717, 1.165) is 11.1 Å². The second-order valence-corrected chi connectivity index (χ2v) is 6.11. The summed E-state index contributed by atoms with van der Waals surface area (Å²) in [6.45, 7) is 7.83. The number of ether oxygens (including phenoxy) is 3. The van der Waals surface area contributed by atoms with Crippen LogP contribution in [0.2, 0.25) is 0 Å². The van der Waals surface area contributed by atoms with Crippen molar-refractivity contribution in [2.24, 2.45) is 0 Å². The van der Waals surface area contributed by atoms with Gasteiger partial charge in [-0.2, -0.15) is 0 Å². The summed E-state index contributed by atoms with van der Waals surface area (Å²) in [5, 5.41) is 5.35. The highest BCUT2D eigenvalue weighted by Gasteiger charge is 2.25. The maximum absolute atomic E-state index is 12.2. The van der Waals surface area contributed by atoms with Crippen molar-refractivity contribution in [1.82, 2.24) is 10.2 Å². The predicted octanol–water partition coefficient (Wildman–Crippen LogP) is 2.67. The largest absolute Gasteiger partial charge is 0.493 e. The lowest BCUT2D eigenvalue weighted by molar-refractivity contribution is -0.140. The van der Waals surface area contributed by atoms with Crippen molar-refractivity contribution in [3.05, 3.63) is 57.5 Å². The number of nitrogens with one attached hydrogen (secondary N) is 2. The molecule has 2 aromatic rings. The third-order valence-corrected chi connectivity index (χ3v) is 4.02. The normalized spacial score (nSPS) is 11.7. The molecule has 1 aromatic heterocycles. The van der Waals surface area contributed by atoms with Crippen LogP contribution in [-0.4, -0.2) is 37.0 Å². The van der Waals surface area contributed by atoms with Crippen molar-refractivity contribution in [3.8, 4) is 11.5 Å². The minimum atomic E-state index is -0.471. The van der Waals surface area contributed by atoms with Gasteiger partial charge in [-0.05, 0) is 37.1 Å². The molecule has 0 saturated heterocycles. The van der Waals surface area contributed by atoms with Crippen LogP contribution in [0.25, 0.3) is 0 Å². The lowest BCUT2D eigenvalue weighted by atomic mass is 9.88. The molecule has 26 heavy (non-hydrogen) atoms. The summed E-state index contributed by atoms with van der Waals surface area (Å²) in [7, 11) is 2.86. The Balaban J connectivity index is 2.46. The number of carbonyl (C=O) groups is 1. The van der Waals surface area contributed by atoms with Gasteiger partial charge in [-0.15, -0.1) is 0 Å². The third kappa shape index (κ3) is 4.36. The fourth-order valence-corrected chi connectivity index (χ4v) is 2.73. The van der Waals surface area contributed by atoms with E-state index in [4.69, 9.17) is 14.2 Å². The van der Waals surface area contributed by atoms with Crippen molar-refractivity contribution >= 4 is 5.97 Å². The maximum Gasteiger partial charge on any atom is 0.306 e. The Kier molecular flexibility index (Phi) is 6.27. The molecule has 0 spiro atoms. The number of aromatic nitrogens is 2. The van der Waals surface area contributed by atoms with Gasteiger partial charge in [-0.3, -0.25) is 14.7 Å². The second kappa shape index (κ2) is 8.42. The highest BCUT2D eigenvalue weighted by Crippen LogP contribution is 2.35. The van der Waals surface area contributed by atoms with Crippen molar-refractivity contribution < 1.29 is 19.0 Å². The summed E-state index contributed by atoms with van der Waals surface area (Å²) in [5.41, 5.74) is 2.54. The molecule has 0 aliphatic heterocycles. The highest BCUT2D eigenvalue weighted by atomic mass is 16.5. The van der Waals surface area contributed by atoms with E-state index in [1.54, 1.807) is 19.1 Å². The number of carbonyl (C=O) groups excluding carboxylic acids is 1. The topological polar surface area (TPSA) is 93.4 Å². The van der Waals surface area contributed by atoms with Crippen molar-refractivity contribution in [2.75, 3.05) is 20.8 Å². The first-order chi connectivity index (χ1) is 12.4. The molecule has 7 nitrogen and oxygen atoms in total. The van der Waals surface area contributed by atoms with E-state index >= 15 is 0 Å². The van der Waals surface area contributed by atoms with E-state index in [-0.39, 0.29) is 12.0 Å². The minimum absolute atomic E-state index is 0.0351. The molecule has 0 fully saturated rings. The molecule has 7 heteroatoms. The first-order valence-corrected chi connectivity index (χ1v) is 8.16. The molecule has 1 aromatic carbocycles.